The monoisotopic (exact) mass is 2220 g/mol. The Morgan fingerprint density at radius 1 is 0.324 bits per heavy atom. The Balaban J connectivity index is 0.000000110. The van der Waals surface area contributed by atoms with Crippen LogP contribution in [0.15, 0.2) is 147 Å². The first-order valence-electron chi connectivity index (χ1n) is 47.3. The van der Waals surface area contributed by atoms with E-state index in [1.807, 2.05) is 159 Å². The van der Waals surface area contributed by atoms with Crippen LogP contribution in [-0.4, -0.2) is 159 Å². The van der Waals surface area contributed by atoms with Crippen molar-refractivity contribution in [1.29, 1.82) is 0 Å². The number of aromatic nitrogens is 20. The molecule has 0 aliphatic heterocycles. The zero-order chi connectivity index (χ0) is 101. The fourth-order valence-electron chi connectivity index (χ4n) is 18.8. The van der Waals surface area contributed by atoms with Gasteiger partial charge in [-0.25, -0.2) is 74.8 Å². The second-order valence-electron chi connectivity index (χ2n) is 35.8. The summed E-state index contributed by atoms with van der Waals surface area (Å²) in [5, 5.41) is 19.1. The summed E-state index contributed by atoms with van der Waals surface area (Å²) in [6.45, 7) is 8.31. The third-order valence-electron chi connectivity index (χ3n) is 27.0. The summed E-state index contributed by atoms with van der Waals surface area (Å²) in [7, 11) is 5.87. The van der Waals surface area contributed by atoms with Crippen LogP contribution in [0.1, 0.15) is 139 Å². The first-order valence-corrected chi connectivity index (χ1v) is 62.0. The Kier molecular flexibility index (Phi) is 30.9. The van der Waals surface area contributed by atoms with Crippen molar-refractivity contribution in [3.63, 3.8) is 0 Å². The van der Waals surface area contributed by atoms with Crippen molar-refractivity contribution in [3.05, 3.63) is 149 Å². The van der Waals surface area contributed by atoms with Crippen molar-refractivity contribution in [2.75, 3.05) is 48.1 Å². The molecular formula is C99H105N25O6S15. The highest BCUT2D eigenvalue weighted by molar-refractivity contribution is 7.89. The van der Waals surface area contributed by atoms with E-state index >= 15 is 0 Å². The van der Waals surface area contributed by atoms with Crippen molar-refractivity contribution in [2.45, 2.75) is 185 Å². The van der Waals surface area contributed by atoms with E-state index < -0.39 is 54.0 Å². The van der Waals surface area contributed by atoms with Crippen molar-refractivity contribution in [2.24, 2.45) is 35.2 Å². The van der Waals surface area contributed by atoms with Crippen LogP contribution in [0.3, 0.4) is 0 Å². The maximum atomic E-state index is 13.4. The molecule has 0 aromatic carbocycles. The number of anilines is 5. The van der Waals surface area contributed by atoms with Gasteiger partial charge < -0.3 is 56.2 Å². The van der Waals surface area contributed by atoms with E-state index in [1.165, 1.54) is 80.9 Å². The lowest BCUT2D eigenvalue weighted by Crippen LogP contribution is -2.18. The number of nitrogen functional groups attached to an aromatic ring is 5. The number of nitrogens with zero attached hydrogens (tertiary/aromatic N) is 20. The highest BCUT2D eigenvalue weighted by atomic mass is 32.2. The summed E-state index contributed by atoms with van der Waals surface area (Å²) in [5.74, 6) is 4.08. The van der Waals surface area contributed by atoms with Gasteiger partial charge in [0.2, 0.25) is 0 Å². The molecule has 20 aromatic heterocycles. The Hall–Kier alpha value is -10.5. The molecular weight excluding hydrogens is 2120 g/mol. The molecule has 31 nitrogen and oxygen atoms in total. The maximum absolute atomic E-state index is 13.4. The van der Waals surface area contributed by atoms with Crippen LogP contribution in [0.4, 0.5) is 28.4 Å². The standard InChI is InChI=1S/2C21H23N5OS3.2C20H21N5OS3.C17H17N5O2S3/c2*1-12-24-11-16(26(12)2)14-10-15(19-23-8-9-28-19)25-20-17(14)18(22)21(29-20)30(27)13-6-4-3-5-7-13;2*1-11-23-10-15(25(11)2)13-9-14(18-22-7-8-27-18)24-19-16(13)17(21)20(28-19)29(26)12-5-3-4-6-12;1-22-9-19-8-12(22)10-7-11(15-20-3-5-25-15)21-16-13(10)14(18)17(26-16)27(23)6-4-24-2/h2*8-11,13H,3-7,22H2,1-2H3;2*7-10,12H,3-6,21H2,1-2H3;3,5,7-9H,4,6,18H2,1-2H3. The fraction of sp³-hybridized carbons (Fsp3) is 0.343. The molecule has 4 aliphatic rings. The SMILES string of the molecule is COCCS(=O)c1sc2nc(-c3nccs3)cc(-c3cncn3C)c2c1N.Cc1ncc(-c2cc(-c3nccs3)nc3sc(S(=O)C4CCCC4)c(N)c23)n1C.Cc1ncc(-c2cc(-c3nccs3)nc3sc(S(=O)C4CCCC4)c(N)c23)n1C.Cc1ncc(-c2cc(-c3nccs3)nc3sc(S(=O)C4CCCCC4)c(N)c23)n1C.Cc1ncc(-c2cc(-c3nccs3)nc3sc(S(=O)C4CCCCC4)c(N)c23)n1C. The molecule has 0 spiro atoms. The molecule has 5 unspecified atom stereocenters. The zero-order valence-corrected chi connectivity index (χ0v) is 93.2. The molecule has 0 bridgehead atoms. The van der Waals surface area contributed by atoms with Crippen LogP contribution in [0, 0.1) is 27.7 Å². The Morgan fingerprint density at radius 3 is 0.772 bits per heavy atom. The van der Waals surface area contributed by atoms with Crippen molar-refractivity contribution < 1.29 is 25.8 Å². The van der Waals surface area contributed by atoms with Gasteiger partial charge in [-0.2, -0.15) is 0 Å². The van der Waals surface area contributed by atoms with Gasteiger partial charge in [0.1, 0.15) is 122 Å². The summed E-state index contributed by atoms with van der Waals surface area (Å²) in [6.07, 6.45) is 39.6. The number of pyridine rings is 5. The lowest BCUT2D eigenvalue weighted by atomic mass is 10.0. The van der Waals surface area contributed by atoms with E-state index in [0.29, 0.717) is 45.0 Å². The number of thiophene rings is 5. The average molecular weight is 2220 g/mol. The van der Waals surface area contributed by atoms with Gasteiger partial charge in [-0.1, -0.05) is 64.2 Å². The maximum Gasteiger partial charge on any atom is 0.141 e. The minimum Gasteiger partial charge on any atom is -0.396 e. The number of ether oxygens (including phenoxy) is 1. The molecule has 4 fully saturated rings. The first kappa shape index (κ1) is 102. The van der Waals surface area contributed by atoms with E-state index in [1.54, 1.807) is 96.0 Å². The van der Waals surface area contributed by atoms with E-state index in [-0.39, 0.29) is 21.0 Å². The smallest absolute Gasteiger partial charge is 0.141 e. The molecule has 20 heterocycles. The number of thiazole rings is 5. The Morgan fingerprint density at radius 2 is 0.559 bits per heavy atom. The molecule has 0 radical (unpaired) electrons. The molecule has 46 heteroatoms. The zero-order valence-electron chi connectivity index (χ0n) is 81.0. The first-order chi connectivity index (χ1) is 70.3. The molecule has 0 amide bonds. The molecule has 24 rings (SSSR count). The van der Waals surface area contributed by atoms with Crippen LogP contribution < -0.4 is 28.7 Å². The number of rotatable bonds is 22. The number of hydrogen-bond acceptors (Lipinski definition) is 36. The highest BCUT2D eigenvalue weighted by Crippen LogP contribution is 2.52. The van der Waals surface area contributed by atoms with Crippen LogP contribution in [0.25, 0.3) is 161 Å². The lowest BCUT2D eigenvalue weighted by Gasteiger charge is -2.20. The third kappa shape index (κ3) is 20.4. The van der Waals surface area contributed by atoms with Gasteiger partial charge in [0.25, 0.3) is 0 Å². The summed E-state index contributed by atoms with van der Waals surface area (Å²) in [6, 6.07) is 10.1. The van der Waals surface area contributed by atoms with Gasteiger partial charge in [-0.05, 0) is 109 Å². The molecule has 145 heavy (non-hydrogen) atoms. The van der Waals surface area contributed by atoms with Crippen LogP contribution in [0.2, 0.25) is 0 Å². The van der Waals surface area contributed by atoms with Crippen molar-refractivity contribution in [1.82, 2.24) is 97.6 Å². The number of imidazole rings is 5. The number of hydrogen-bond donors (Lipinski definition) is 5. The fourth-order valence-corrected chi connectivity index (χ4v) is 37.2. The Bertz CT molecular complexity index is 7850. The third-order valence-corrected chi connectivity index (χ3v) is 47.0. The van der Waals surface area contributed by atoms with E-state index in [9.17, 15) is 21.0 Å². The largest absolute Gasteiger partial charge is 0.396 e. The molecule has 0 saturated heterocycles. The molecule has 10 N–H and O–H groups in total. The van der Waals surface area contributed by atoms with E-state index in [4.69, 9.17) is 58.3 Å². The van der Waals surface area contributed by atoms with Crippen molar-refractivity contribution in [3.8, 4) is 110 Å². The average Bonchev–Trinajstić information content (AvgIpc) is 1.61. The highest BCUT2D eigenvalue weighted by Gasteiger charge is 2.36. The minimum atomic E-state index is -1.24. The summed E-state index contributed by atoms with van der Waals surface area (Å²) < 4.78 is 84.9. The molecule has 752 valence electrons. The molecule has 5 atom stereocenters. The van der Waals surface area contributed by atoms with Gasteiger partial charge >= 0.3 is 0 Å². The summed E-state index contributed by atoms with van der Waals surface area (Å²) >= 11 is 15.0. The number of nitrogens with two attached hydrogens (primary N) is 5. The van der Waals surface area contributed by atoms with Crippen LogP contribution in [0.5, 0.6) is 0 Å². The van der Waals surface area contributed by atoms with Crippen LogP contribution >= 0.6 is 113 Å². The second kappa shape index (κ2) is 44.1. The van der Waals surface area contributed by atoms with Gasteiger partial charge in [0.15, 0.2) is 0 Å². The normalized spacial score (nSPS) is 15.5. The van der Waals surface area contributed by atoms with Gasteiger partial charge in [-0.15, -0.1) is 113 Å². The van der Waals surface area contributed by atoms with E-state index in [0.717, 1.165) is 304 Å². The van der Waals surface area contributed by atoms with E-state index in [2.05, 4.69) is 59.0 Å². The van der Waals surface area contributed by atoms with Crippen LogP contribution in [-0.2, 0) is 94.0 Å². The van der Waals surface area contributed by atoms with Gasteiger partial charge in [-0.3, -0.25) is 21.0 Å². The predicted octanol–water partition coefficient (Wildman–Crippen LogP) is 23.0. The summed E-state index contributed by atoms with van der Waals surface area (Å²) in [4.78, 5) is 72.4. The second-order valence-corrected chi connectivity index (χ2v) is 54.8. The topological polar surface area (TPSA) is 443 Å². The predicted molar refractivity (Wildman–Crippen MR) is 603 cm³/mol. The Labute approximate surface area is 889 Å². The molecule has 20 aromatic rings. The number of fused-ring (bicyclic) bond motifs is 5. The molecule has 4 aliphatic carbocycles. The molecule has 4 saturated carbocycles. The number of aryl methyl sites for hydroxylation is 5. The van der Waals surface area contributed by atoms with Crippen molar-refractivity contribution >= 4 is 247 Å². The lowest BCUT2D eigenvalue weighted by molar-refractivity contribution is 0.218. The quantitative estimate of drug-likeness (QED) is 0.0421. The number of methoxy groups -OCH3 is 1. The van der Waals surface area contributed by atoms with Gasteiger partial charge in [0.05, 0.1) is 161 Å². The van der Waals surface area contributed by atoms with Gasteiger partial charge in [0, 0.05) is 176 Å². The summed E-state index contributed by atoms with van der Waals surface area (Å²) in [5.41, 5.74) is 49.4. The minimum absolute atomic E-state index is 0.190.